The monoisotopic (exact) mass is 632 g/mol. The van der Waals surface area contributed by atoms with E-state index in [0.29, 0.717) is 29.1 Å². The van der Waals surface area contributed by atoms with Crippen LogP contribution in [0.2, 0.25) is 0 Å². The smallest absolute Gasteiger partial charge is 0.273 e. The Balaban J connectivity index is 1.60. The molecule has 1 aromatic carbocycles. The average Bonchev–Trinajstić information content (AvgIpc) is 3.89. The molecule has 0 radical (unpaired) electrons. The van der Waals surface area contributed by atoms with Crippen molar-refractivity contribution in [1.82, 2.24) is 30.6 Å². The number of carbonyl (C=O) groups is 3. The summed E-state index contributed by atoms with van der Waals surface area (Å²) in [5, 5.41) is 19.4. The van der Waals surface area contributed by atoms with Gasteiger partial charge in [-0.15, -0.1) is 10.2 Å². The van der Waals surface area contributed by atoms with E-state index in [2.05, 4.69) is 37.5 Å². The summed E-state index contributed by atoms with van der Waals surface area (Å²) < 4.78 is 20.8. The molecular weight excluding hydrogens is 591 g/mol. The van der Waals surface area contributed by atoms with Gasteiger partial charge in [0, 0.05) is 64.9 Å². The number of methoxy groups -OCH3 is 1. The first-order chi connectivity index (χ1) is 22.0. The molecular formula is C33H41FN8O4. The van der Waals surface area contributed by atoms with E-state index in [1.54, 1.807) is 24.1 Å². The van der Waals surface area contributed by atoms with E-state index in [0.717, 1.165) is 24.8 Å². The van der Waals surface area contributed by atoms with Crippen molar-refractivity contribution in [1.29, 1.82) is 0 Å². The number of carbonyl (C=O) groups excluding carboxylic acids is 3. The zero-order valence-electron chi connectivity index (χ0n) is 27.0. The fourth-order valence-electron chi connectivity index (χ4n) is 4.77. The van der Waals surface area contributed by atoms with Gasteiger partial charge in [0.25, 0.3) is 11.8 Å². The Hall–Kier alpha value is -5.20. The lowest BCUT2D eigenvalue weighted by Gasteiger charge is -2.24. The number of benzene rings is 1. The second-order valence-electron chi connectivity index (χ2n) is 11.2. The van der Waals surface area contributed by atoms with Gasteiger partial charge in [0.2, 0.25) is 5.91 Å². The third kappa shape index (κ3) is 8.49. The fourth-order valence-corrected chi connectivity index (χ4v) is 4.77. The van der Waals surface area contributed by atoms with Gasteiger partial charge in [-0.05, 0) is 54.8 Å². The Morgan fingerprint density at radius 2 is 1.87 bits per heavy atom. The third-order valence-electron chi connectivity index (χ3n) is 7.28. The molecule has 1 aromatic heterocycles. The first kappa shape index (κ1) is 33.7. The van der Waals surface area contributed by atoms with Crippen molar-refractivity contribution in [2.24, 2.45) is 5.92 Å². The average molecular weight is 633 g/mol. The number of nitrogens with one attached hydrogen (secondary N) is 4. The summed E-state index contributed by atoms with van der Waals surface area (Å²) >= 11 is 0. The Labute approximate surface area is 268 Å². The number of rotatable bonds is 13. The van der Waals surface area contributed by atoms with Crippen LogP contribution in [0.1, 0.15) is 42.2 Å². The van der Waals surface area contributed by atoms with E-state index in [1.165, 1.54) is 32.4 Å². The molecule has 0 spiro atoms. The maximum Gasteiger partial charge on any atom is 0.273 e. The number of amides is 3. The molecule has 3 amide bonds. The normalized spacial score (nSPS) is 14.5. The molecule has 0 bridgehead atoms. The Morgan fingerprint density at radius 1 is 1.11 bits per heavy atom. The highest BCUT2D eigenvalue weighted by atomic mass is 19.1. The van der Waals surface area contributed by atoms with Crippen molar-refractivity contribution >= 4 is 40.5 Å². The number of ether oxygens (including phenoxy) is 1. The van der Waals surface area contributed by atoms with Crippen molar-refractivity contribution in [2.45, 2.75) is 26.2 Å². The lowest BCUT2D eigenvalue weighted by molar-refractivity contribution is -0.125. The third-order valence-corrected chi connectivity index (χ3v) is 7.28. The molecule has 1 aliphatic carbocycles. The van der Waals surface area contributed by atoms with E-state index >= 15 is 4.39 Å². The van der Waals surface area contributed by atoms with E-state index in [9.17, 15) is 14.4 Å². The fraction of sp³-hybridized carbons (Fsp3) is 0.364. The van der Waals surface area contributed by atoms with Crippen LogP contribution in [0.15, 0.2) is 60.0 Å². The number of halogens is 1. The summed E-state index contributed by atoms with van der Waals surface area (Å²) in [4.78, 5) is 41.7. The van der Waals surface area contributed by atoms with Gasteiger partial charge in [0.05, 0.1) is 18.5 Å². The molecule has 0 atom stereocenters. The molecule has 12 nitrogen and oxygen atoms in total. The summed E-state index contributed by atoms with van der Waals surface area (Å²) in [5.74, 6) is -1.04. The summed E-state index contributed by atoms with van der Waals surface area (Å²) in [7, 11) is 8.53. The van der Waals surface area contributed by atoms with Crippen LogP contribution < -0.4 is 26.0 Å². The first-order valence-electron chi connectivity index (χ1n) is 15.0. The molecule has 2 heterocycles. The summed E-state index contributed by atoms with van der Waals surface area (Å²) in [5.41, 5.74) is 2.91. The van der Waals surface area contributed by atoms with Gasteiger partial charge < -0.3 is 35.8 Å². The minimum Gasteiger partial charge on any atom is -0.494 e. The molecule has 46 heavy (non-hydrogen) atoms. The zero-order valence-corrected chi connectivity index (χ0v) is 27.0. The van der Waals surface area contributed by atoms with Crippen LogP contribution in [0, 0.1) is 11.7 Å². The number of likely N-dealkylation sites (N-methyl/N-ethyl adjacent to an activating group) is 1. The van der Waals surface area contributed by atoms with Crippen LogP contribution in [0.25, 0.3) is 5.57 Å². The number of anilines is 3. The molecule has 2 aliphatic rings. The molecule has 0 saturated heterocycles. The predicted octanol–water partition coefficient (Wildman–Crippen LogP) is 3.82. The van der Waals surface area contributed by atoms with E-state index < -0.39 is 11.7 Å². The van der Waals surface area contributed by atoms with Gasteiger partial charge in [0.15, 0.2) is 11.5 Å². The van der Waals surface area contributed by atoms with Crippen molar-refractivity contribution in [3.05, 3.63) is 77.0 Å². The van der Waals surface area contributed by atoms with Crippen molar-refractivity contribution in [3.63, 3.8) is 0 Å². The van der Waals surface area contributed by atoms with Gasteiger partial charge >= 0.3 is 0 Å². The Kier molecular flexibility index (Phi) is 11.1. The standard InChI is InChI=1S/C33H41FN8O4/c1-7-8-20(13-14-41(3)4)19-42(5)33(45)25-12-11-22(18-36-25)24-15-23(34)16-27(30(24)46-6)37-26-17-28(38-31(43)21-9-10-21)39-40-29(26)32(44)35-2/h8,11-17,21,36H,7,9-10,18-19H2,1-6H3,(H,35,44)(H2,37,38,39,43)/b14-13-,20-8-. The van der Waals surface area contributed by atoms with E-state index in [-0.39, 0.29) is 47.2 Å². The van der Waals surface area contributed by atoms with Crippen LogP contribution in [-0.4, -0.2) is 86.1 Å². The van der Waals surface area contributed by atoms with Crippen LogP contribution in [-0.2, 0) is 9.59 Å². The van der Waals surface area contributed by atoms with E-state index in [1.807, 2.05) is 38.2 Å². The molecule has 244 valence electrons. The van der Waals surface area contributed by atoms with Crippen molar-refractivity contribution in [2.75, 3.05) is 59.0 Å². The predicted molar refractivity (Wildman–Crippen MR) is 176 cm³/mol. The number of allylic oxidation sites excluding steroid dienone is 3. The minimum atomic E-state index is -0.559. The zero-order chi connectivity index (χ0) is 33.4. The van der Waals surface area contributed by atoms with Crippen LogP contribution in [0.4, 0.5) is 21.6 Å². The first-order valence-corrected chi connectivity index (χ1v) is 15.0. The maximum atomic E-state index is 15.1. The SMILES string of the molecule is CC/C=C(/C=C\N(C)C)CN(C)C(=O)C1=CC=C(c2cc(F)cc(Nc3cc(NC(=O)C4CC4)nnc3C(=O)NC)c2OC)CN1. The number of hydrogen-bond donors (Lipinski definition) is 4. The van der Waals surface area contributed by atoms with Gasteiger partial charge in [0.1, 0.15) is 17.3 Å². The largest absolute Gasteiger partial charge is 0.494 e. The Bertz CT molecular complexity index is 1610. The number of hydrogen-bond acceptors (Lipinski definition) is 9. The van der Waals surface area contributed by atoms with Crippen molar-refractivity contribution in [3.8, 4) is 5.75 Å². The number of aromatic nitrogens is 2. The van der Waals surface area contributed by atoms with Gasteiger partial charge in [-0.3, -0.25) is 14.4 Å². The molecule has 13 heteroatoms. The van der Waals surface area contributed by atoms with Crippen LogP contribution in [0.5, 0.6) is 5.75 Å². The topological polar surface area (TPSA) is 141 Å². The molecule has 4 rings (SSSR count). The molecule has 0 unspecified atom stereocenters. The quantitative estimate of drug-likeness (QED) is 0.243. The number of nitrogens with zero attached hydrogens (tertiary/aromatic N) is 4. The van der Waals surface area contributed by atoms with Crippen LogP contribution >= 0.6 is 0 Å². The Morgan fingerprint density at radius 3 is 2.48 bits per heavy atom. The highest BCUT2D eigenvalue weighted by Crippen LogP contribution is 2.38. The highest BCUT2D eigenvalue weighted by molar-refractivity contribution is 6.00. The molecule has 1 aliphatic heterocycles. The van der Waals surface area contributed by atoms with Gasteiger partial charge in [-0.25, -0.2) is 4.39 Å². The highest BCUT2D eigenvalue weighted by Gasteiger charge is 2.30. The molecule has 2 aromatic rings. The molecule has 1 fully saturated rings. The number of dihydropyridines is 1. The van der Waals surface area contributed by atoms with E-state index in [4.69, 9.17) is 4.74 Å². The van der Waals surface area contributed by atoms with Gasteiger partial charge in [-0.1, -0.05) is 19.1 Å². The lowest BCUT2D eigenvalue weighted by atomic mass is 10.00. The summed E-state index contributed by atoms with van der Waals surface area (Å²) in [6.07, 6.45) is 11.9. The minimum absolute atomic E-state index is 0.0531. The van der Waals surface area contributed by atoms with Gasteiger partial charge in [-0.2, -0.15) is 0 Å². The second-order valence-corrected chi connectivity index (χ2v) is 11.2. The van der Waals surface area contributed by atoms with Crippen molar-refractivity contribution < 1.29 is 23.5 Å². The second kappa shape index (κ2) is 15.2. The summed E-state index contributed by atoms with van der Waals surface area (Å²) in [6, 6.07) is 4.05. The summed E-state index contributed by atoms with van der Waals surface area (Å²) in [6.45, 7) is 2.72. The lowest BCUT2D eigenvalue weighted by Crippen LogP contribution is -2.36. The molecule has 1 saturated carbocycles. The maximum absolute atomic E-state index is 15.1. The van der Waals surface area contributed by atoms with Crippen LogP contribution in [0.3, 0.4) is 0 Å². The molecule has 4 N–H and O–H groups in total.